The van der Waals surface area contributed by atoms with Gasteiger partial charge in [0.15, 0.2) is 0 Å². The summed E-state index contributed by atoms with van der Waals surface area (Å²) >= 11 is 0. The highest BCUT2D eigenvalue weighted by Crippen LogP contribution is 2.08. The molecule has 1 rings (SSSR count). The first-order chi connectivity index (χ1) is 6.76. The first kappa shape index (κ1) is 9.83. The van der Waals surface area contributed by atoms with Crippen LogP contribution in [0, 0.1) is 22.7 Å². The van der Waals surface area contributed by atoms with Crippen LogP contribution in [0.2, 0.25) is 0 Å². The van der Waals surface area contributed by atoms with Crippen molar-refractivity contribution in [3.8, 4) is 12.1 Å². The van der Waals surface area contributed by atoms with Crippen LogP contribution in [0.15, 0.2) is 47.9 Å². The van der Waals surface area contributed by atoms with E-state index in [1.54, 1.807) is 18.2 Å². The topological polar surface area (TPSA) is 50.8 Å². The molecule has 0 spiro atoms. The molecule has 0 bridgehead atoms. The smallest absolute Gasteiger partial charge is 0.129 e. The first-order valence-electron chi connectivity index (χ1n) is 4.07. The summed E-state index contributed by atoms with van der Waals surface area (Å²) in [4.78, 5) is 1.91. The molecule has 68 valence electrons. The van der Waals surface area contributed by atoms with Crippen LogP contribution in [0.1, 0.15) is 0 Å². The normalized spacial score (nSPS) is 13.1. The summed E-state index contributed by atoms with van der Waals surface area (Å²) in [6.45, 7) is 0. The van der Waals surface area contributed by atoms with Crippen LogP contribution in [0.4, 0.5) is 0 Å². The van der Waals surface area contributed by atoms with Gasteiger partial charge in [0, 0.05) is 19.4 Å². The molecule has 0 amide bonds. The van der Waals surface area contributed by atoms with Gasteiger partial charge in [0.2, 0.25) is 0 Å². The van der Waals surface area contributed by atoms with Gasteiger partial charge in [-0.3, -0.25) is 0 Å². The lowest BCUT2D eigenvalue weighted by atomic mass is 10.2. The Labute approximate surface area is 83.2 Å². The second-order valence-electron chi connectivity index (χ2n) is 2.77. The zero-order valence-corrected chi connectivity index (χ0v) is 7.81. The molecular formula is C11H9N3. The Hall–Kier alpha value is -2.26. The minimum Gasteiger partial charge on any atom is -0.357 e. The SMILES string of the molecule is CN1C=CC(=CC=C(C#N)C#N)C=C1. The summed E-state index contributed by atoms with van der Waals surface area (Å²) in [5, 5.41) is 17.0. The first-order valence-corrected chi connectivity index (χ1v) is 4.07. The Kier molecular flexibility index (Phi) is 3.29. The zero-order valence-electron chi connectivity index (χ0n) is 7.81. The van der Waals surface area contributed by atoms with Crippen molar-refractivity contribution in [2.75, 3.05) is 7.05 Å². The van der Waals surface area contributed by atoms with Crippen LogP contribution in [0.3, 0.4) is 0 Å². The van der Waals surface area contributed by atoms with Crippen LogP contribution in [0.25, 0.3) is 0 Å². The maximum atomic E-state index is 8.48. The summed E-state index contributed by atoms with van der Waals surface area (Å²) in [7, 11) is 1.93. The van der Waals surface area contributed by atoms with Crippen molar-refractivity contribution in [2.45, 2.75) is 0 Å². The zero-order chi connectivity index (χ0) is 10.4. The van der Waals surface area contributed by atoms with E-state index in [9.17, 15) is 0 Å². The molecule has 0 radical (unpaired) electrons. The van der Waals surface area contributed by atoms with Crippen LogP contribution < -0.4 is 0 Å². The average molecular weight is 183 g/mol. The Morgan fingerprint density at radius 3 is 2.36 bits per heavy atom. The highest BCUT2D eigenvalue weighted by molar-refractivity contribution is 5.43. The standard InChI is InChI=1S/C11H9N3/c1-14-6-4-10(5-7-14)2-3-11(8-12)9-13/h2-7H,1H3. The molecule has 1 heterocycles. The highest BCUT2D eigenvalue weighted by Gasteiger charge is 1.94. The molecule has 0 aromatic heterocycles. The van der Waals surface area contributed by atoms with E-state index >= 15 is 0 Å². The minimum atomic E-state index is 0.109. The number of rotatable bonds is 1. The van der Waals surface area contributed by atoms with Gasteiger partial charge in [-0.05, 0) is 23.8 Å². The minimum absolute atomic E-state index is 0.109. The van der Waals surface area contributed by atoms with Gasteiger partial charge in [0.25, 0.3) is 0 Å². The van der Waals surface area contributed by atoms with Gasteiger partial charge in [-0.15, -0.1) is 0 Å². The molecule has 0 fully saturated rings. The molecule has 0 saturated carbocycles. The molecule has 1 aliphatic rings. The molecule has 0 unspecified atom stereocenters. The van der Waals surface area contributed by atoms with Crippen molar-refractivity contribution in [2.24, 2.45) is 0 Å². The second-order valence-corrected chi connectivity index (χ2v) is 2.77. The maximum absolute atomic E-state index is 8.48. The van der Waals surface area contributed by atoms with Crippen molar-refractivity contribution in [3.05, 3.63) is 47.9 Å². The lowest BCUT2D eigenvalue weighted by Crippen LogP contribution is -2.02. The molecule has 0 aromatic rings. The Morgan fingerprint density at radius 2 is 1.86 bits per heavy atom. The summed E-state index contributed by atoms with van der Waals surface area (Å²) in [6, 6.07) is 3.59. The fourth-order valence-electron chi connectivity index (χ4n) is 0.903. The van der Waals surface area contributed by atoms with E-state index in [-0.39, 0.29) is 5.57 Å². The maximum Gasteiger partial charge on any atom is 0.129 e. The number of allylic oxidation sites excluding steroid dienone is 6. The summed E-state index contributed by atoms with van der Waals surface area (Å²) in [5.74, 6) is 0. The lowest BCUT2D eigenvalue weighted by molar-refractivity contribution is 0.620. The largest absolute Gasteiger partial charge is 0.357 e. The molecule has 0 aliphatic carbocycles. The predicted molar refractivity (Wildman–Crippen MR) is 53.4 cm³/mol. The lowest BCUT2D eigenvalue weighted by Gasteiger charge is -2.11. The van der Waals surface area contributed by atoms with Crippen molar-refractivity contribution in [3.63, 3.8) is 0 Å². The van der Waals surface area contributed by atoms with Gasteiger partial charge in [0.05, 0.1) is 0 Å². The van der Waals surface area contributed by atoms with E-state index in [4.69, 9.17) is 10.5 Å². The monoisotopic (exact) mass is 183 g/mol. The molecular weight excluding hydrogens is 174 g/mol. The van der Waals surface area contributed by atoms with E-state index < -0.39 is 0 Å². The molecule has 3 nitrogen and oxygen atoms in total. The third-order valence-corrected chi connectivity index (χ3v) is 1.69. The fourth-order valence-corrected chi connectivity index (χ4v) is 0.903. The third kappa shape index (κ3) is 2.66. The number of nitrogens with zero attached hydrogens (tertiary/aromatic N) is 3. The van der Waals surface area contributed by atoms with Gasteiger partial charge in [-0.1, -0.05) is 6.08 Å². The van der Waals surface area contributed by atoms with E-state index in [1.165, 1.54) is 6.08 Å². The highest BCUT2D eigenvalue weighted by atomic mass is 15.0. The Morgan fingerprint density at radius 1 is 1.29 bits per heavy atom. The molecule has 14 heavy (non-hydrogen) atoms. The van der Waals surface area contributed by atoms with Gasteiger partial charge >= 0.3 is 0 Å². The molecule has 0 saturated heterocycles. The van der Waals surface area contributed by atoms with Gasteiger partial charge in [-0.2, -0.15) is 10.5 Å². The van der Waals surface area contributed by atoms with Gasteiger partial charge < -0.3 is 4.90 Å². The van der Waals surface area contributed by atoms with Crippen LogP contribution in [-0.2, 0) is 0 Å². The van der Waals surface area contributed by atoms with Crippen LogP contribution >= 0.6 is 0 Å². The number of hydrogen-bond acceptors (Lipinski definition) is 3. The Balaban J connectivity index is 2.79. The predicted octanol–water partition coefficient (Wildman–Crippen LogP) is 1.86. The van der Waals surface area contributed by atoms with Crippen molar-refractivity contribution in [1.29, 1.82) is 10.5 Å². The van der Waals surface area contributed by atoms with E-state index in [2.05, 4.69) is 0 Å². The van der Waals surface area contributed by atoms with E-state index in [0.717, 1.165) is 5.57 Å². The summed E-state index contributed by atoms with van der Waals surface area (Å²) in [6.07, 6.45) is 10.9. The van der Waals surface area contributed by atoms with Crippen molar-refractivity contribution < 1.29 is 0 Å². The van der Waals surface area contributed by atoms with Crippen LogP contribution in [-0.4, -0.2) is 11.9 Å². The number of nitriles is 2. The van der Waals surface area contributed by atoms with Crippen LogP contribution in [0.5, 0.6) is 0 Å². The molecule has 0 aromatic carbocycles. The third-order valence-electron chi connectivity index (χ3n) is 1.69. The summed E-state index contributed by atoms with van der Waals surface area (Å²) in [5.41, 5.74) is 1.07. The van der Waals surface area contributed by atoms with Crippen molar-refractivity contribution in [1.82, 2.24) is 4.90 Å². The van der Waals surface area contributed by atoms with Gasteiger partial charge in [-0.25, -0.2) is 0 Å². The second kappa shape index (κ2) is 4.69. The quantitative estimate of drug-likeness (QED) is 0.583. The average Bonchev–Trinajstić information content (AvgIpc) is 2.22. The molecule has 0 atom stereocenters. The fraction of sp³-hybridized carbons (Fsp3) is 0.0909. The van der Waals surface area contributed by atoms with E-state index in [1.807, 2.05) is 36.5 Å². The molecule has 3 heteroatoms. The van der Waals surface area contributed by atoms with Crippen molar-refractivity contribution >= 4 is 0 Å². The molecule has 0 N–H and O–H groups in total. The summed E-state index contributed by atoms with van der Waals surface area (Å²) < 4.78 is 0. The Bertz CT molecular complexity index is 379. The molecule has 1 aliphatic heterocycles. The van der Waals surface area contributed by atoms with Gasteiger partial charge in [0.1, 0.15) is 17.7 Å². The van der Waals surface area contributed by atoms with E-state index in [0.29, 0.717) is 0 Å². The number of hydrogen-bond donors (Lipinski definition) is 0.